The van der Waals surface area contributed by atoms with Gasteiger partial charge in [0, 0.05) is 36.8 Å². The molecule has 0 aliphatic carbocycles. The third-order valence-corrected chi connectivity index (χ3v) is 6.19. The molecule has 158 valence electrons. The molecule has 3 aromatic rings. The van der Waals surface area contributed by atoms with Crippen molar-refractivity contribution >= 4 is 17.2 Å². The Morgan fingerprint density at radius 2 is 2.10 bits per heavy atom. The highest BCUT2D eigenvalue weighted by Gasteiger charge is 2.26. The number of hydrogen-bond donors (Lipinski definition) is 0. The highest BCUT2D eigenvalue weighted by atomic mass is 32.1. The van der Waals surface area contributed by atoms with Crippen molar-refractivity contribution in [2.75, 3.05) is 19.7 Å². The van der Waals surface area contributed by atoms with Crippen LogP contribution in [0.2, 0.25) is 0 Å². The van der Waals surface area contributed by atoms with Crippen LogP contribution >= 0.6 is 11.3 Å². The summed E-state index contributed by atoms with van der Waals surface area (Å²) in [6.45, 7) is 4.32. The van der Waals surface area contributed by atoms with Crippen LogP contribution in [0, 0.1) is 12.7 Å². The maximum atomic E-state index is 13.6. The molecular weight excluding hydrogens is 403 g/mol. The summed E-state index contributed by atoms with van der Waals surface area (Å²) in [5.74, 6) is 1.22. The van der Waals surface area contributed by atoms with E-state index in [0.717, 1.165) is 35.9 Å². The minimum atomic E-state index is -0.408. The lowest BCUT2D eigenvalue weighted by atomic mass is 9.95. The van der Waals surface area contributed by atoms with Crippen LogP contribution in [-0.4, -0.2) is 45.0 Å². The monoisotopic (exact) mass is 428 g/mol. The van der Waals surface area contributed by atoms with Gasteiger partial charge in [-0.1, -0.05) is 12.1 Å². The lowest BCUT2D eigenvalue weighted by molar-refractivity contribution is -0.132. The highest BCUT2D eigenvalue weighted by molar-refractivity contribution is 7.09. The molecule has 0 saturated carbocycles. The van der Waals surface area contributed by atoms with Crippen molar-refractivity contribution in [1.29, 1.82) is 0 Å². The number of imidazole rings is 1. The Balaban J connectivity index is 1.26. The summed E-state index contributed by atoms with van der Waals surface area (Å²) in [6, 6.07) is 6.24. The number of carbonyl (C=O) groups is 1. The Kier molecular flexibility index (Phi) is 6.42. The van der Waals surface area contributed by atoms with Gasteiger partial charge in [0.1, 0.15) is 5.82 Å². The molecule has 2 aromatic heterocycles. The van der Waals surface area contributed by atoms with E-state index in [9.17, 15) is 9.18 Å². The molecule has 8 heteroatoms. The van der Waals surface area contributed by atoms with Gasteiger partial charge in [-0.15, -0.1) is 11.3 Å². The highest BCUT2D eigenvalue weighted by Crippen LogP contribution is 2.28. The van der Waals surface area contributed by atoms with Crippen molar-refractivity contribution in [1.82, 2.24) is 19.4 Å². The Labute approximate surface area is 179 Å². The lowest BCUT2D eigenvalue weighted by Gasteiger charge is -2.32. The second kappa shape index (κ2) is 9.38. The molecule has 30 heavy (non-hydrogen) atoms. The van der Waals surface area contributed by atoms with Crippen LogP contribution in [0.5, 0.6) is 5.75 Å². The molecule has 0 atom stereocenters. The predicted octanol–water partition coefficient (Wildman–Crippen LogP) is 4.01. The number of rotatable bonds is 7. The SMILES string of the molecule is Cc1nc(Cn2ccnc2C2CCN(C(=O)CCOc3ccccc3F)CC2)cs1. The Morgan fingerprint density at radius 3 is 2.83 bits per heavy atom. The summed E-state index contributed by atoms with van der Waals surface area (Å²) >= 11 is 1.66. The molecule has 0 radical (unpaired) electrons. The van der Waals surface area contributed by atoms with Gasteiger partial charge in [0.2, 0.25) is 5.91 Å². The summed E-state index contributed by atoms with van der Waals surface area (Å²) in [6.07, 6.45) is 5.85. The molecule has 1 aliphatic heterocycles. The van der Waals surface area contributed by atoms with Crippen LogP contribution in [0.1, 0.15) is 41.7 Å². The fourth-order valence-corrected chi connectivity index (χ4v) is 4.43. The zero-order chi connectivity index (χ0) is 20.9. The third kappa shape index (κ3) is 4.87. The minimum Gasteiger partial charge on any atom is -0.490 e. The third-order valence-electron chi connectivity index (χ3n) is 5.37. The average Bonchev–Trinajstić information content (AvgIpc) is 3.38. The predicted molar refractivity (Wildman–Crippen MR) is 113 cm³/mol. The van der Waals surface area contributed by atoms with Crippen molar-refractivity contribution in [3.63, 3.8) is 0 Å². The van der Waals surface area contributed by atoms with Gasteiger partial charge in [-0.3, -0.25) is 4.79 Å². The zero-order valence-electron chi connectivity index (χ0n) is 17.0. The second-order valence-electron chi connectivity index (χ2n) is 7.46. The first-order chi connectivity index (χ1) is 14.6. The van der Waals surface area contributed by atoms with Crippen LogP contribution in [0.25, 0.3) is 0 Å². The number of para-hydroxylation sites is 1. The van der Waals surface area contributed by atoms with Crippen molar-refractivity contribution in [3.8, 4) is 5.75 Å². The Bertz CT molecular complexity index is 994. The first-order valence-electron chi connectivity index (χ1n) is 10.2. The van der Waals surface area contributed by atoms with Gasteiger partial charge in [0.15, 0.2) is 11.6 Å². The van der Waals surface area contributed by atoms with Gasteiger partial charge >= 0.3 is 0 Å². The molecule has 1 saturated heterocycles. The largest absolute Gasteiger partial charge is 0.490 e. The maximum Gasteiger partial charge on any atom is 0.225 e. The van der Waals surface area contributed by atoms with E-state index >= 15 is 0 Å². The summed E-state index contributed by atoms with van der Waals surface area (Å²) in [5, 5.41) is 3.15. The number of thiazole rings is 1. The molecular formula is C22H25FN4O2S. The molecule has 0 N–H and O–H groups in total. The first-order valence-corrected chi connectivity index (χ1v) is 11.1. The molecule has 6 nitrogen and oxygen atoms in total. The number of hydrogen-bond acceptors (Lipinski definition) is 5. The van der Waals surface area contributed by atoms with Crippen LogP contribution in [-0.2, 0) is 11.3 Å². The lowest BCUT2D eigenvalue weighted by Crippen LogP contribution is -2.39. The van der Waals surface area contributed by atoms with Gasteiger partial charge in [-0.2, -0.15) is 0 Å². The fraction of sp³-hybridized carbons (Fsp3) is 0.409. The van der Waals surface area contributed by atoms with E-state index in [-0.39, 0.29) is 24.7 Å². The number of halogens is 1. The number of amides is 1. The number of aromatic nitrogens is 3. The topological polar surface area (TPSA) is 60.2 Å². The molecule has 1 aromatic carbocycles. The Morgan fingerprint density at radius 1 is 1.30 bits per heavy atom. The van der Waals surface area contributed by atoms with Crippen LogP contribution in [0.4, 0.5) is 4.39 Å². The number of benzene rings is 1. The van der Waals surface area contributed by atoms with Crippen LogP contribution in [0.15, 0.2) is 42.0 Å². The normalized spacial score (nSPS) is 14.8. The van der Waals surface area contributed by atoms with Crippen molar-refractivity contribution in [2.45, 2.75) is 38.6 Å². The summed E-state index contributed by atoms with van der Waals surface area (Å²) in [5.41, 5.74) is 1.05. The van der Waals surface area contributed by atoms with Gasteiger partial charge in [-0.25, -0.2) is 14.4 Å². The van der Waals surface area contributed by atoms with E-state index in [1.807, 2.05) is 24.2 Å². The van der Waals surface area contributed by atoms with E-state index in [1.165, 1.54) is 6.07 Å². The standard InChI is InChI=1S/C22H25FN4O2S/c1-16-25-18(15-30-16)14-27-12-9-24-22(27)17-6-10-26(11-7-17)21(28)8-13-29-20-5-3-2-4-19(20)23/h2-5,9,12,15,17H,6-8,10-11,13-14H2,1H3. The number of nitrogens with zero attached hydrogens (tertiary/aromatic N) is 4. The van der Waals surface area contributed by atoms with E-state index in [1.54, 1.807) is 29.5 Å². The minimum absolute atomic E-state index is 0.0473. The van der Waals surface area contributed by atoms with Gasteiger partial charge < -0.3 is 14.2 Å². The van der Waals surface area contributed by atoms with E-state index < -0.39 is 5.82 Å². The number of piperidine rings is 1. The summed E-state index contributed by atoms with van der Waals surface area (Å²) in [7, 11) is 0. The molecule has 1 amide bonds. The van der Waals surface area contributed by atoms with Crippen LogP contribution < -0.4 is 4.74 Å². The molecule has 0 unspecified atom stereocenters. The van der Waals surface area contributed by atoms with Gasteiger partial charge in [-0.05, 0) is 31.9 Å². The van der Waals surface area contributed by atoms with Crippen LogP contribution in [0.3, 0.4) is 0 Å². The van der Waals surface area contributed by atoms with E-state index in [2.05, 4.69) is 19.9 Å². The number of ether oxygens (including phenoxy) is 1. The number of aryl methyl sites for hydroxylation is 1. The van der Waals surface area contributed by atoms with Gasteiger partial charge in [0.25, 0.3) is 0 Å². The van der Waals surface area contributed by atoms with Crippen molar-refractivity contribution < 1.29 is 13.9 Å². The van der Waals surface area contributed by atoms with E-state index in [4.69, 9.17) is 4.74 Å². The molecule has 0 spiro atoms. The summed E-state index contributed by atoms with van der Waals surface area (Å²) in [4.78, 5) is 23.5. The van der Waals surface area contributed by atoms with E-state index in [0.29, 0.717) is 19.0 Å². The fourth-order valence-electron chi connectivity index (χ4n) is 3.82. The molecule has 0 bridgehead atoms. The zero-order valence-corrected chi connectivity index (χ0v) is 17.8. The quantitative estimate of drug-likeness (QED) is 0.571. The average molecular weight is 429 g/mol. The first kappa shape index (κ1) is 20.5. The van der Waals surface area contributed by atoms with Crippen molar-refractivity contribution in [3.05, 3.63) is 64.4 Å². The number of likely N-dealkylation sites (tertiary alicyclic amines) is 1. The number of carbonyl (C=O) groups excluding carboxylic acids is 1. The molecule has 1 aliphatic rings. The smallest absolute Gasteiger partial charge is 0.225 e. The summed E-state index contributed by atoms with van der Waals surface area (Å²) < 4.78 is 21.2. The van der Waals surface area contributed by atoms with Gasteiger partial charge in [0.05, 0.1) is 30.3 Å². The maximum absolute atomic E-state index is 13.6. The molecule has 1 fully saturated rings. The Hall–Kier alpha value is -2.74. The van der Waals surface area contributed by atoms with Crippen molar-refractivity contribution in [2.24, 2.45) is 0 Å². The molecule has 3 heterocycles. The molecule has 4 rings (SSSR count). The second-order valence-corrected chi connectivity index (χ2v) is 8.52.